The summed E-state index contributed by atoms with van der Waals surface area (Å²) >= 11 is 3.65. The molecule has 0 bridgehead atoms. The monoisotopic (exact) mass is 455 g/mol. The van der Waals surface area contributed by atoms with E-state index in [0.29, 0.717) is 17.5 Å². The number of carbonyl (C=O) groups excluding carboxylic acids is 1. The summed E-state index contributed by atoms with van der Waals surface area (Å²) in [5.41, 5.74) is 4.22. The SMILES string of the molecule is COC(=O)c1ccc(C2CCN([C@H](C)c3cc4c(Br)ccnc4n3C)CC2)cc1. The van der Waals surface area contributed by atoms with Crippen molar-refractivity contribution in [3.63, 3.8) is 0 Å². The van der Waals surface area contributed by atoms with E-state index >= 15 is 0 Å². The van der Waals surface area contributed by atoms with Gasteiger partial charge in [-0.2, -0.15) is 0 Å². The van der Waals surface area contributed by atoms with E-state index in [0.717, 1.165) is 41.4 Å². The van der Waals surface area contributed by atoms with Crippen molar-refractivity contribution in [2.45, 2.75) is 31.7 Å². The van der Waals surface area contributed by atoms with Crippen molar-refractivity contribution in [3.05, 3.63) is 63.9 Å². The Balaban J connectivity index is 1.45. The molecular formula is C23H26BrN3O2. The Morgan fingerprint density at radius 1 is 1.21 bits per heavy atom. The zero-order chi connectivity index (χ0) is 20.5. The fourth-order valence-electron chi connectivity index (χ4n) is 4.42. The molecule has 3 heterocycles. The Bertz CT molecular complexity index is 1020. The highest BCUT2D eigenvalue weighted by Crippen LogP contribution is 2.34. The topological polar surface area (TPSA) is 47.4 Å². The third-order valence-electron chi connectivity index (χ3n) is 6.22. The van der Waals surface area contributed by atoms with E-state index in [4.69, 9.17) is 4.74 Å². The van der Waals surface area contributed by atoms with Gasteiger partial charge in [-0.3, -0.25) is 4.90 Å². The van der Waals surface area contributed by atoms with E-state index in [1.54, 1.807) is 0 Å². The molecule has 4 rings (SSSR count). The summed E-state index contributed by atoms with van der Waals surface area (Å²) in [5.74, 6) is 0.254. The van der Waals surface area contributed by atoms with Gasteiger partial charge >= 0.3 is 5.97 Å². The molecular weight excluding hydrogens is 430 g/mol. The predicted octanol–water partition coefficient (Wildman–Crippen LogP) is 5.06. The number of nitrogens with zero attached hydrogens (tertiary/aromatic N) is 3. The quantitative estimate of drug-likeness (QED) is 0.515. The summed E-state index contributed by atoms with van der Waals surface area (Å²) in [6.45, 7) is 4.40. The van der Waals surface area contributed by atoms with Crippen LogP contribution in [0.5, 0.6) is 0 Å². The third kappa shape index (κ3) is 3.83. The fraction of sp³-hybridized carbons (Fsp3) is 0.391. The fourth-order valence-corrected chi connectivity index (χ4v) is 4.83. The van der Waals surface area contributed by atoms with Gasteiger partial charge in [0.15, 0.2) is 0 Å². The van der Waals surface area contributed by atoms with Crippen LogP contribution in [0.1, 0.15) is 53.3 Å². The molecule has 1 atom stereocenters. The molecule has 0 spiro atoms. The van der Waals surface area contributed by atoms with Gasteiger partial charge in [0, 0.05) is 34.8 Å². The van der Waals surface area contributed by atoms with Crippen LogP contribution < -0.4 is 0 Å². The molecule has 1 fully saturated rings. The lowest BCUT2D eigenvalue weighted by Crippen LogP contribution is -2.35. The highest BCUT2D eigenvalue weighted by Gasteiger charge is 2.26. The van der Waals surface area contributed by atoms with E-state index in [9.17, 15) is 4.79 Å². The van der Waals surface area contributed by atoms with Crippen molar-refractivity contribution in [2.24, 2.45) is 7.05 Å². The first kappa shape index (κ1) is 20.1. The van der Waals surface area contributed by atoms with Crippen molar-refractivity contribution >= 4 is 32.9 Å². The van der Waals surface area contributed by atoms with Gasteiger partial charge in [0.25, 0.3) is 0 Å². The number of fused-ring (bicyclic) bond motifs is 1. The number of ether oxygens (including phenoxy) is 1. The van der Waals surface area contributed by atoms with Gasteiger partial charge in [0.05, 0.1) is 12.7 Å². The van der Waals surface area contributed by atoms with Gasteiger partial charge in [0.1, 0.15) is 5.65 Å². The molecule has 2 aromatic heterocycles. The minimum atomic E-state index is -0.281. The summed E-state index contributed by atoms with van der Waals surface area (Å²) in [6.07, 6.45) is 4.08. The Labute approximate surface area is 179 Å². The van der Waals surface area contributed by atoms with Crippen molar-refractivity contribution in [1.29, 1.82) is 0 Å². The molecule has 0 saturated carbocycles. The van der Waals surface area contributed by atoms with E-state index in [2.05, 4.69) is 62.6 Å². The molecule has 1 aliphatic rings. The number of pyridine rings is 1. The van der Waals surface area contributed by atoms with Crippen molar-refractivity contribution in [3.8, 4) is 0 Å². The second-order valence-electron chi connectivity index (χ2n) is 7.76. The molecule has 0 amide bonds. The molecule has 5 nitrogen and oxygen atoms in total. The maximum atomic E-state index is 11.6. The van der Waals surface area contributed by atoms with Gasteiger partial charge in [-0.05, 0) is 84.5 Å². The van der Waals surface area contributed by atoms with Gasteiger partial charge in [-0.25, -0.2) is 9.78 Å². The molecule has 0 N–H and O–H groups in total. The van der Waals surface area contributed by atoms with E-state index in [-0.39, 0.29) is 5.97 Å². The lowest BCUT2D eigenvalue weighted by Gasteiger charge is -2.36. The van der Waals surface area contributed by atoms with E-state index in [1.165, 1.54) is 18.4 Å². The van der Waals surface area contributed by atoms with Crippen LogP contribution in [0.15, 0.2) is 47.1 Å². The summed E-state index contributed by atoms with van der Waals surface area (Å²) in [4.78, 5) is 18.7. The molecule has 0 aliphatic carbocycles. The van der Waals surface area contributed by atoms with Gasteiger partial charge < -0.3 is 9.30 Å². The van der Waals surface area contributed by atoms with Crippen LogP contribution in [0.25, 0.3) is 11.0 Å². The molecule has 1 aromatic carbocycles. The summed E-state index contributed by atoms with van der Waals surface area (Å²) in [7, 11) is 3.51. The summed E-state index contributed by atoms with van der Waals surface area (Å²) < 4.78 is 8.09. The largest absolute Gasteiger partial charge is 0.465 e. The number of aryl methyl sites for hydroxylation is 1. The lowest BCUT2D eigenvalue weighted by atomic mass is 9.88. The number of likely N-dealkylation sites (tertiary alicyclic amines) is 1. The van der Waals surface area contributed by atoms with Crippen molar-refractivity contribution in [2.75, 3.05) is 20.2 Å². The number of methoxy groups -OCH3 is 1. The first-order valence-corrected chi connectivity index (χ1v) is 10.8. The van der Waals surface area contributed by atoms with Crippen molar-refractivity contribution in [1.82, 2.24) is 14.5 Å². The Kier molecular flexibility index (Phi) is 5.74. The molecule has 0 unspecified atom stereocenters. The second-order valence-corrected chi connectivity index (χ2v) is 8.61. The van der Waals surface area contributed by atoms with Crippen molar-refractivity contribution < 1.29 is 9.53 Å². The molecule has 1 saturated heterocycles. The van der Waals surface area contributed by atoms with Crippen LogP contribution in [-0.4, -0.2) is 40.6 Å². The number of carbonyl (C=O) groups is 1. The Morgan fingerprint density at radius 3 is 2.52 bits per heavy atom. The van der Waals surface area contributed by atoms with Gasteiger partial charge in [0.2, 0.25) is 0 Å². The number of benzene rings is 1. The normalized spacial score (nSPS) is 16.8. The Hall–Kier alpha value is -2.18. The average Bonchev–Trinajstić information content (AvgIpc) is 3.11. The molecule has 29 heavy (non-hydrogen) atoms. The third-order valence-corrected chi connectivity index (χ3v) is 6.91. The minimum absolute atomic E-state index is 0.281. The highest BCUT2D eigenvalue weighted by molar-refractivity contribution is 9.10. The number of esters is 1. The number of hydrogen-bond donors (Lipinski definition) is 0. The van der Waals surface area contributed by atoms with Crippen LogP contribution in [0.4, 0.5) is 0 Å². The molecule has 1 aliphatic heterocycles. The first-order chi connectivity index (χ1) is 14.0. The average molecular weight is 456 g/mol. The Morgan fingerprint density at radius 2 is 1.90 bits per heavy atom. The molecule has 0 radical (unpaired) electrons. The predicted molar refractivity (Wildman–Crippen MR) is 118 cm³/mol. The second kappa shape index (κ2) is 8.28. The van der Waals surface area contributed by atoms with Crippen LogP contribution in [0, 0.1) is 0 Å². The number of rotatable bonds is 4. The highest BCUT2D eigenvalue weighted by atomic mass is 79.9. The standard InChI is InChI=1S/C23H26BrN3O2/c1-15(21-14-19-20(24)8-11-25-22(19)26(21)2)27-12-9-17(10-13-27)16-4-6-18(7-5-16)23(28)29-3/h4-8,11,14-15,17H,9-10,12-13H2,1-3H3/t15-/m1/s1. The van der Waals surface area contributed by atoms with Crippen LogP contribution in [0.2, 0.25) is 0 Å². The summed E-state index contributed by atoms with van der Waals surface area (Å²) in [5, 5.41) is 1.16. The van der Waals surface area contributed by atoms with Crippen LogP contribution in [0.3, 0.4) is 0 Å². The van der Waals surface area contributed by atoms with Crippen LogP contribution in [-0.2, 0) is 11.8 Å². The number of piperidine rings is 1. The zero-order valence-electron chi connectivity index (χ0n) is 17.1. The first-order valence-electron chi connectivity index (χ1n) is 10.0. The maximum absolute atomic E-state index is 11.6. The maximum Gasteiger partial charge on any atom is 0.337 e. The number of aromatic nitrogens is 2. The van der Waals surface area contributed by atoms with E-state index in [1.807, 2.05) is 24.4 Å². The number of hydrogen-bond acceptors (Lipinski definition) is 4. The smallest absolute Gasteiger partial charge is 0.337 e. The summed E-state index contributed by atoms with van der Waals surface area (Å²) in [6, 6.07) is 12.5. The lowest BCUT2D eigenvalue weighted by molar-refractivity contribution is 0.0600. The van der Waals surface area contributed by atoms with Gasteiger partial charge in [-0.15, -0.1) is 0 Å². The van der Waals surface area contributed by atoms with E-state index < -0.39 is 0 Å². The molecule has 3 aromatic rings. The van der Waals surface area contributed by atoms with Gasteiger partial charge in [-0.1, -0.05) is 12.1 Å². The van der Waals surface area contributed by atoms with Crippen LogP contribution >= 0.6 is 15.9 Å². The minimum Gasteiger partial charge on any atom is -0.465 e. The molecule has 152 valence electrons. The zero-order valence-corrected chi connectivity index (χ0v) is 18.6. The number of halogens is 1. The molecule has 6 heteroatoms.